The summed E-state index contributed by atoms with van der Waals surface area (Å²) in [6, 6.07) is 17.1. The van der Waals surface area contributed by atoms with E-state index < -0.39 is 0 Å². The Morgan fingerprint density at radius 3 is 2.59 bits per heavy atom. The van der Waals surface area contributed by atoms with Crippen molar-refractivity contribution in [1.82, 2.24) is 10.2 Å². The Kier molecular flexibility index (Phi) is 7.08. The quantitative estimate of drug-likeness (QED) is 0.557. The van der Waals surface area contributed by atoms with Crippen LogP contribution in [0.15, 0.2) is 54.6 Å². The molecule has 7 heteroatoms. The third-order valence-electron chi connectivity index (χ3n) is 4.42. The number of carbonyl (C=O) groups is 2. The number of hydrogen-bond acceptors (Lipinski definition) is 5. The first kappa shape index (κ1) is 20.7. The molecule has 0 bridgehead atoms. The maximum Gasteiger partial charge on any atom is 0.257 e. The Balaban J connectivity index is 1.61. The summed E-state index contributed by atoms with van der Waals surface area (Å²) < 4.78 is 0. The number of nitrogens with zero attached hydrogens (tertiary/aromatic N) is 2. The lowest BCUT2D eigenvalue weighted by molar-refractivity contribution is -0.116. The van der Waals surface area contributed by atoms with Crippen LogP contribution in [0.5, 0.6) is 0 Å². The molecule has 3 rings (SSSR count). The highest BCUT2D eigenvalue weighted by atomic mass is 32.1. The van der Waals surface area contributed by atoms with Gasteiger partial charge in [0.15, 0.2) is 0 Å². The molecule has 2 N–H and O–H groups in total. The normalized spacial score (nSPS) is 11.7. The Bertz CT molecular complexity index is 972. The molecule has 0 spiro atoms. The van der Waals surface area contributed by atoms with Crippen LogP contribution < -0.4 is 10.6 Å². The first-order valence-electron chi connectivity index (χ1n) is 9.63. The van der Waals surface area contributed by atoms with E-state index in [0.717, 1.165) is 17.8 Å². The highest BCUT2D eigenvalue weighted by Crippen LogP contribution is 2.24. The van der Waals surface area contributed by atoms with Crippen LogP contribution in [0.2, 0.25) is 0 Å². The van der Waals surface area contributed by atoms with E-state index in [0.29, 0.717) is 28.7 Å². The second-order valence-corrected chi connectivity index (χ2v) is 7.91. The molecule has 0 fully saturated rings. The number of anilines is 2. The highest BCUT2D eigenvalue weighted by molar-refractivity contribution is 7.15. The van der Waals surface area contributed by atoms with Crippen LogP contribution in [-0.2, 0) is 11.2 Å². The average molecular weight is 409 g/mol. The SMILES string of the molecule is CCCC(=O)Nc1cccc(C(=O)Nc2nnc(CC(C)c3ccccc3)s2)c1. The maximum atomic E-state index is 12.5. The number of aromatic nitrogens is 2. The Morgan fingerprint density at radius 2 is 1.83 bits per heavy atom. The van der Waals surface area contributed by atoms with Crippen LogP contribution in [-0.4, -0.2) is 22.0 Å². The van der Waals surface area contributed by atoms with E-state index in [1.807, 2.05) is 25.1 Å². The highest BCUT2D eigenvalue weighted by Gasteiger charge is 2.14. The number of hydrogen-bond donors (Lipinski definition) is 2. The van der Waals surface area contributed by atoms with Gasteiger partial charge >= 0.3 is 0 Å². The summed E-state index contributed by atoms with van der Waals surface area (Å²) >= 11 is 1.38. The van der Waals surface area contributed by atoms with Crippen LogP contribution in [0, 0.1) is 0 Å². The summed E-state index contributed by atoms with van der Waals surface area (Å²) in [5.74, 6) is -0.0297. The molecule has 29 heavy (non-hydrogen) atoms. The summed E-state index contributed by atoms with van der Waals surface area (Å²) in [7, 11) is 0. The third-order valence-corrected chi connectivity index (χ3v) is 5.28. The monoisotopic (exact) mass is 408 g/mol. The van der Waals surface area contributed by atoms with Gasteiger partial charge in [-0.3, -0.25) is 14.9 Å². The maximum absolute atomic E-state index is 12.5. The van der Waals surface area contributed by atoms with Gasteiger partial charge in [0.2, 0.25) is 11.0 Å². The molecular weight excluding hydrogens is 384 g/mol. The molecule has 150 valence electrons. The number of amides is 2. The fourth-order valence-electron chi connectivity index (χ4n) is 2.91. The van der Waals surface area contributed by atoms with Crippen molar-refractivity contribution in [3.8, 4) is 0 Å². The summed E-state index contributed by atoms with van der Waals surface area (Å²) in [5.41, 5.74) is 2.30. The molecule has 0 saturated heterocycles. The molecule has 0 radical (unpaired) electrons. The zero-order chi connectivity index (χ0) is 20.6. The summed E-state index contributed by atoms with van der Waals surface area (Å²) in [4.78, 5) is 24.3. The van der Waals surface area contributed by atoms with Crippen LogP contribution in [0.1, 0.15) is 53.5 Å². The molecule has 1 heterocycles. The predicted molar refractivity (Wildman–Crippen MR) is 116 cm³/mol. The van der Waals surface area contributed by atoms with Gasteiger partial charge in [-0.15, -0.1) is 10.2 Å². The molecule has 1 atom stereocenters. The molecule has 0 aliphatic carbocycles. The number of carbonyl (C=O) groups excluding carboxylic acids is 2. The molecule has 3 aromatic rings. The summed E-state index contributed by atoms with van der Waals surface area (Å²) in [6.07, 6.45) is 1.98. The van der Waals surface area contributed by atoms with Crippen molar-refractivity contribution in [1.29, 1.82) is 0 Å². The van der Waals surface area contributed by atoms with Gasteiger partial charge in [-0.1, -0.05) is 61.6 Å². The van der Waals surface area contributed by atoms with E-state index >= 15 is 0 Å². The van der Waals surface area contributed by atoms with Crippen molar-refractivity contribution in [2.75, 3.05) is 10.6 Å². The van der Waals surface area contributed by atoms with E-state index in [1.54, 1.807) is 24.3 Å². The Morgan fingerprint density at radius 1 is 1.03 bits per heavy atom. The minimum absolute atomic E-state index is 0.0636. The molecule has 2 amide bonds. The molecular formula is C22H24N4O2S. The van der Waals surface area contributed by atoms with Crippen LogP contribution in [0.25, 0.3) is 0 Å². The zero-order valence-corrected chi connectivity index (χ0v) is 17.3. The van der Waals surface area contributed by atoms with Gasteiger partial charge in [0.1, 0.15) is 5.01 Å². The fourth-order valence-corrected chi connectivity index (χ4v) is 3.77. The lowest BCUT2D eigenvalue weighted by Gasteiger charge is -2.08. The van der Waals surface area contributed by atoms with Gasteiger partial charge in [0.05, 0.1) is 0 Å². The summed E-state index contributed by atoms with van der Waals surface area (Å²) in [5, 5.41) is 15.2. The van der Waals surface area contributed by atoms with Gasteiger partial charge < -0.3 is 5.32 Å². The molecule has 1 aromatic heterocycles. The number of nitrogens with one attached hydrogen (secondary N) is 2. The van der Waals surface area contributed by atoms with E-state index in [1.165, 1.54) is 16.9 Å². The van der Waals surface area contributed by atoms with E-state index in [9.17, 15) is 9.59 Å². The summed E-state index contributed by atoms with van der Waals surface area (Å²) in [6.45, 7) is 4.09. The van der Waals surface area contributed by atoms with Crippen LogP contribution in [0.4, 0.5) is 10.8 Å². The average Bonchev–Trinajstić information content (AvgIpc) is 3.15. The number of rotatable bonds is 8. The minimum Gasteiger partial charge on any atom is -0.326 e. The van der Waals surface area contributed by atoms with E-state index in [-0.39, 0.29) is 11.8 Å². The Hall–Kier alpha value is -3.06. The third kappa shape index (κ3) is 5.96. The zero-order valence-electron chi connectivity index (χ0n) is 16.5. The predicted octanol–water partition coefficient (Wildman–Crippen LogP) is 4.88. The Labute approximate surface area is 174 Å². The lowest BCUT2D eigenvalue weighted by Crippen LogP contribution is -2.14. The van der Waals surface area contributed by atoms with Gasteiger partial charge in [-0.25, -0.2) is 0 Å². The minimum atomic E-state index is -0.282. The van der Waals surface area contributed by atoms with Crippen molar-refractivity contribution in [3.05, 3.63) is 70.7 Å². The topological polar surface area (TPSA) is 84.0 Å². The molecule has 6 nitrogen and oxygen atoms in total. The first-order chi connectivity index (χ1) is 14.0. The van der Waals surface area contributed by atoms with Gasteiger partial charge in [-0.2, -0.15) is 0 Å². The molecule has 0 aliphatic rings. The van der Waals surface area contributed by atoms with Crippen LogP contribution >= 0.6 is 11.3 Å². The largest absolute Gasteiger partial charge is 0.326 e. The standard InChI is InChI=1S/C22H24N4O2S/c1-3-8-19(27)23-18-12-7-11-17(14-18)21(28)24-22-26-25-20(29-22)13-15(2)16-9-5-4-6-10-16/h4-7,9-12,14-15H,3,8,13H2,1-2H3,(H,23,27)(H,24,26,28). The smallest absolute Gasteiger partial charge is 0.257 e. The van der Waals surface area contributed by atoms with Crippen molar-refractivity contribution in [2.24, 2.45) is 0 Å². The lowest BCUT2D eigenvalue weighted by atomic mass is 9.98. The van der Waals surface area contributed by atoms with Crippen molar-refractivity contribution < 1.29 is 9.59 Å². The van der Waals surface area contributed by atoms with Crippen molar-refractivity contribution in [3.63, 3.8) is 0 Å². The second-order valence-electron chi connectivity index (χ2n) is 6.85. The van der Waals surface area contributed by atoms with Gasteiger partial charge in [0.25, 0.3) is 5.91 Å². The molecule has 0 aliphatic heterocycles. The van der Waals surface area contributed by atoms with Gasteiger partial charge in [-0.05, 0) is 36.1 Å². The molecule has 1 unspecified atom stereocenters. The van der Waals surface area contributed by atoms with Crippen molar-refractivity contribution in [2.45, 2.75) is 39.0 Å². The number of benzene rings is 2. The van der Waals surface area contributed by atoms with Gasteiger partial charge in [0, 0.05) is 24.1 Å². The van der Waals surface area contributed by atoms with Crippen LogP contribution in [0.3, 0.4) is 0 Å². The van der Waals surface area contributed by atoms with E-state index in [2.05, 4.69) is 39.9 Å². The van der Waals surface area contributed by atoms with E-state index in [4.69, 9.17) is 0 Å². The first-order valence-corrected chi connectivity index (χ1v) is 10.5. The fraction of sp³-hybridized carbons (Fsp3) is 0.273. The molecule has 2 aromatic carbocycles. The second kappa shape index (κ2) is 9.93. The molecule has 0 saturated carbocycles. The van der Waals surface area contributed by atoms with Crippen molar-refractivity contribution >= 4 is 34.0 Å².